The molecule has 16 heavy (non-hydrogen) atoms. The molecule has 0 atom stereocenters. The number of nitrogens with one attached hydrogen (secondary N) is 2. The lowest BCUT2D eigenvalue weighted by Gasteiger charge is -2.06. The summed E-state index contributed by atoms with van der Waals surface area (Å²) in [5.41, 5.74) is 0.981. The molecule has 1 heterocycles. The summed E-state index contributed by atoms with van der Waals surface area (Å²) in [7, 11) is -1.38. The molecule has 0 bridgehead atoms. The SMILES string of the molecule is CNCCNS(=O)(=O)CCc1ccncc1. The van der Waals surface area contributed by atoms with E-state index < -0.39 is 10.0 Å². The molecule has 0 spiro atoms. The maximum absolute atomic E-state index is 11.5. The van der Waals surface area contributed by atoms with Crippen LogP contribution in [0.5, 0.6) is 0 Å². The Balaban J connectivity index is 2.36. The summed E-state index contributed by atoms with van der Waals surface area (Å²) in [6.45, 7) is 1.06. The van der Waals surface area contributed by atoms with Gasteiger partial charge in [-0.05, 0) is 31.2 Å². The Bertz CT molecular complexity index is 392. The summed E-state index contributed by atoms with van der Waals surface area (Å²) in [4.78, 5) is 3.88. The van der Waals surface area contributed by atoms with Crippen molar-refractivity contribution in [2.45, 2.75) is 6.42 Å². The lowest BCUT2D eigenvalue weighted by molar-refractivity contribution is 0.579. The molecule has 0 aliphatic rings. The van der Waals surface area contributed by atoms with Crippen molar-refractivity contribution in [2.75, 3.05) is 25.9 Å². The molecule has 1 aromatic rings. The van der Waals surface area contributed by atoms with Crippen LogP contribution in [0.1, 0.15) is 5.56 Å². The first-order chi connectivity index (χ1) is 7.64. The fourth-order valence-electron chi connectivity index (χ4n) is 1.21. The first-order valence-electron chi connectivity index (χ1n) is 5.15. The molecule has 6 heteroatoms. The lowest BCUT2D eigenvalue weighted by atomic mass is 10.2. The standard InChI is InChI=1S/C10H17N3O2S/c1-11-7-8-13-16(14,15)9-4-10-2-5-12-6-3-10/h2-3,5-6,11,13H,4,7-9H2,1H3. The molecular weight excluding hydrogens is 226 g/mol. The van der Waals surface area contributed by atoms with Gasteiger partial charge in [0.05, 0.1) is 5.75 Å². The second-order valence-corrected chi connectivity index (χ2v) is 5.35. The highest BCUT2D eigenvalue weighted by atomic mass is 32.2. The van der Waals surface area contributed by atoms with Crippen LogP contribution in [0, 0.1) is 0 Å². The van der Waals surface area contributed by atoms with Crippen LogP contribution in [0.3, 0.4) is 0 Å². The molecule has 90 valence electrons. The van der Waals surface area contributed by atoms with E-state index in [-0.39, 0.29) is 5.75 Å². The van der Waals surface area contributed by atoms with Crippen molar-refractivity contribution in [1.82, 2.24) is 15.0 Å². The summed E-state index contributed by atoms with van der Waals surface area (Å²) < 4.78 is 25.6. The van der Waals surface area contributed by atoms with Crippen molar-refractivity contribution in [3.8, 4) is 0 Å². The quantitative estimate of drug-likeness (QED) is 0.649. The fourth-order valence-corrected chi connectivity index (χ4v) is 2.27. The number of sulfonamides is 1. The molecule has 0 unspecified atom stereocenters. The second kappa shape index (κ2) is 6.57. The van der Waals surface area contributed by atoms with Crippen molar-refractivity contribution in [3.63, 3.8) is 0 Å². The van der Waals surface area contributed by atoms with E-state index in [2.05, 4.69) is 15.0 Å². The van der Waals surface area contributed by atoms with Crippen LogP contribution in [-0.2, 0) is 16.4 Å². The molecule has 0 aliphatic carbocycles. The fraction of sp³-hybridized carbons (Fsp3) is 0.500. The van der Waals surface area contributed by atoms with Crippen molar-refractivity contribution >= 4 is 10.0 Å². The number of hydrogen-bond donors (Lipinski definition) is 2. The average Bonchev–Trinajstić information content (AvgIpc) is 2.28. The van der Waals surface area contributed by atoms with E-state index in [1.54, 1.807) is 19.4 Å². The van der Waals surface area contributed by atoms with Gasteiger partial charge in [-0.2, -0.15) is 0 Å². The predicted octanol–water partition coefficient (Wildman–Crippen LogP) is -0.237. The molecule has 0 amide bonds. The highest BCUT2D eigenvalue weighted by Crippen LogP contribution is 1.99. The molecule has 0 aliphatic heterocycles. The minimum Gasteiger partial charge on any atom is -0.318 e. The maximum atomic E-state index is 11.5. The van der Waals surface area contributed by atoms with Crippen LogP contribution in [0.2, 0.25) is 0 Å². The zero-order valence-corrected chi connectivity index (χ0v) is 10.1. The summed E-state index contributed by atoms with van der Waals surface area (Å²) in [6.07, 6.45) is 3.84. The zero-order chi connectivity index (χ0) is 11.9. The Morgan fingerprint density at radius 2 is 1.94 bits per heavy atom. The summed E-state index contributed by atoms with van der Waals surface area (Å²) in [5.74, 6) is 0.112. The van der Waals surface area contributed by atoms with Gasteiger partial charge in [0.25, 0.3) is 0 Å². The number of nitrogens with zero attached hydrogens (tertiary/aromatic N) is 1. The maximum Gasteiger partial charge on any atom is 0.211 e. The minimum absolute atomic E-state index is 0.112. The van der Waals surface area contributed by atoms with Crippen LogP contribution in [0.25, 0.3) is 0 Å². The third kappa shape index (κ3) is 5.20. The van der Waals surface area contributed by atoms with Crippen molar-refractivity contribution in [2.24, 2.45) is 0 Å². The van der Waals surface area contributed by atoms with Gasteiger partial charge in [-0.3, -0.25) is 4.98 Å². The van der Waals surface area contributed by atoms with E-state index in [1.807, 2.05) is 12.1 Å². The molecule has 0 radical (unpaired) electrons. The van der Waals surface area contributed by atoms with Gasteiger partial charge in [0.1, 0.15) is 0 Å². The number of rotatable bonds is 7. The smallest absolute Gasteiger partial charge is 0.211 e. The van der Waals surface area contributed by atoms with E-state index >= 15 is 0 Å². The molecule has 0 aromatic carbocycles. The van der Waals surface area contributed by atoms with Gasteiger partial charge in [0, 0.05) is 25.5 Å². The highest BCUT2D eigenvalue weighted by Gasteiger charge is 2.08. The molecular formula is C10H17N3O2S. The van der Waals surface area contributed by atoms with E-state index in [9.17, 15) is 8.42 Å². The van der Waals surface area contributed by atoms with E-state index in [0.717, 1.165) is 5.56 Å². The number of likely N-dealkylation sites (N-methyl/N-ethyl adjacent to an activating group) is 1. The van der Waals surface area contributed by atoms with E-state index in [1.165, 1.54) is 0 Å². The van der Waals surface area contributed by atoms with Gasteiger partial charge in [0.15, 0.2) is 0 Å². The Labute approximate surface area is 96.3 Å². The molecule has 0 saturated carbocycles. The number of aromatic nitrogens is 1. The largest absolute Gasteiger partial charge is 0.318 e. The Morgan fingerprint density at radius 1 is 1.25 bits per heavy atom. The van der Waals surface area contributed by atoms with Gasteiger partial charge in [-0.15, -0.1) is 0 Å². The zero-order valence-electron chi connectivity index (χ0n) is 9.31. The monoisotopic (exact) mass is 243 g/mol. The summed E-state index contributed by atoms with van der Waals surface area (Å²) in [6, 6.07) is 3.65. The second-order valence-electron chi connectivity index (χ2n) is 3.42. The predicted molar refractivity (Wildman–Crippen MR) is 63.7 cm³/mol. The molecule has 5 nitrogen and oxygen atoms in total. The normalized spacial score (nSPS) is 11.6. The number of pyridine rings is 1. The first kappa shape index (κ1) is 13.1. The Hall–Kier alpha value is -0.980. The molecule has 2 N–H and O–H groups in total. The molecule has 0 fully saturated rings. The molecule has 0 saturated heterocycles. The van der Waals surface area contributed by atoms with Crippen LogP contribution in [-0.4, -0.2) is 39.3 Å². The third-order valence-electron chi connectivity index (χ3n) is 2.11. The van der Waals surface area contributed by atoms with Crippen LogP contribution < -0.4 is 10.0 Å². The van der Waals surface area contributed by atoms with Crippen molar-refractivity contribution in [1.29, 1.82) is 0 Å². The van der Waals surface area contributed by atoms with Gasteiger partial charge in [-0.1, -0.05) is 0 Å². The van der Waals surface area contributed by atoms with Crippen molar-refractivity contribution in [3.05, 3.63) is 30.1 Å². The highest BCUT2D eigenvalue weighted by molar-refractivity contribution is 7.89. The van der Waals surface area contributed by atoms with E-state index in [0.29, 0.717) is 19.5 Å². The average molecular weight is 243 g/mol. The van der Waals surface area contributed by atoms with Gasteiger partial charge >= 0.3 is 0 Å². The lowest BCUT2D eigenvalue weighted by Crippen LogP contribution is -2.32. The number of hydrogen-bond acceptors (Lipinski definition) is 4. The van der Waals surface area contributed by atoms with Gasteiger partial charge in [-0.25, -0.2) is 13.1 Å². The minimum atomic E-state index is -3.16. The Kier molecular flexibility index (Phi) is 5.37. The van der Waals surface area contributed by atoms with Crippen LogP contribution >= 0.6 is 0 Å². The van der Waals surface area contributed by atoms with E-state index in [4.69, 9.17) is 0 Å². The topological polar surface area (TPSA) is 71.1 Å². The van der Waals surface area contributed by atoms with Crippen molar-refractivity contribution < 1.29 is 8.42 Å². The third-order valence-corrected chi connectivity index (χ3v) is 3.49. The summed E-state index contributed by atoms with van der Waals surface area (Å²) >= 11 is 0. The van der Waals surface area contributed by atoms with Crippen LogP contribution in [0.4, 0.5) is 0 Å². The molecule has 1 aromatic heterocycles. The van der Waals surface area contributed by atoms with Gasteiger partial charge in [0.2, 0.25) is 10.0 Å². The first-order valence-corrected chi connectivity index (χ1v) is 6.80. The molecule has 1 rings (SSSR count). The number of aryl methyl sites for hydroxylation is 1. The Morgan fingerprint density at radius 3 is 2.56 bits per heavy atom. The van der Waals surface area contributed by atoms with Gasteiger partial charge < -0.3 is 5.32 Å². The summed E-state index contributed by atoms with van der Waals surface area (Å²) in [5, 5.41) is 2.88. The van der Waals surface area contributed by atoms with Crippen LogP contribution in [0.15, 0.2) is 24.5 Å².